The average molecular weight is 393 g/mol. The van der Waals surface area contributed by atoms with Crippen molar-refractivity contribution in [3.8, 4) is 11.6 Å². The number of thiophene rings is 1. The molecule has 0 aliphatic rings. The van der Waals surface area contributed by atoms with E-state index in [4.69, 9.17) is 4.74 Å². The van der Waals surface area contributed by atoms with Crippen molar-refractivity contribution >= 4 is 17.2 Å². The Labute approximate surface area is 166 Å². The lowest BCUT2D eigenvalue weighted by molar-refractivity contribution is 0.0946. The molecule has 3 aromatic heterocycles. The molecular formula is C20H19N5O2S. The summed E-state index contributed by atoms with van der Waals surface area (Å²) < 4.78 is 8.78. The third kappa shape index (κ3) is 3.81. The van der Waals surface area contributed by atoms with Crippen LogP contribution in [0.3, 0.4) is 0 Å². The molecule has 8 heteroatoms. The number of nitrogens with zero attached hydrogens (tertiary/aromatic N) is 4. The number of rotatable bonds is 7. The van der Waals surface area contributed by atoms with Gasteiger partial charge in [-0.25, -0.2) is 4.68 Å². The lowest BCUT2D eigenvalue weighted by atomic mass is 10.2. The van der Waals surface area contributed by atoms with Crippen molar-refractivity contribution in [1.82, 2.24) is 24.9 Å². The molecule has 0 aliphatic heterocycles. The molecule has 0 fully saturated rings. The molecule has 0 atom stereocenters. The molecule has 1 amide bonds. The zero-order valence-corrected chi connectivity index (χ0v) is 16.1. The summed E-state index contributed by atoms with van der Waals surface area (Å²) >= 11 is 1.60. The molecule has 1 aromatic carbocycles. The molecule has 3 heterocycles. The van der Waals surface area contributed by atoms with Gasteiger partial charge in [0.1, 0.15) is 5.75 Å². The van der Waals surface area contributed by atoms with E-state index >= 15 is 0 Å². The third-order valence-electron chi connectivity index (χ3n) is 4.27. The van der Waals surface area contributed by atoms with Gasteiger partial charge in [0.2, 0.25) is 0 Å². The number of hydrogen-bond donors (Lipinski definition) is 1. The van der Waals surface area contributed by atoms with Crippen LogP contribution in [0.5, 0.6) is 5.75 Å². The first-order valence-corrected chi connectivity index (χ1v) is 9.63. The van der Waals surface area contributed by atoms with Gasteiger partial charge in [-0.15, -0.1) is 16.4 Å². The summed E-state index contributed by atoms with van der Waals surface area (Å²) in [6.45, 7) is 0.954. The summed E-state index contributed by atoms with van der Waals surface area (Å²) in [6.07, 6.45) is 3.75. The molecule has 7 nitrogen and oxygen atoms in total. The minimum Gasteiger partial charge on any atom is -0.497 e. The number of methoxy groups -OCH3 is 1. The van der Waals surface area contributed by atoms with Crippen molar-refractivity contribution in [2.75, 3.05) is 7.11 Å². The number of ether oxygens (including phenoxy) is 1. The Balaban J connectivity index is 1.60. The molecule has 0 spiro atoms. The fourth-order valence-electron chi connectivity index (χ4n) is 2.86. The highest BCUT2D eigenvalue weighted by atomic mass is 32.1. The minimum atomic E-state index is -0.252. The van der Waals surface area contributed by atoms with Gasteiger partial charge in [0.25, 0.3) is 5.91 Å². The van der Waals surface area contributed by atoms with Crippen molar-refractivity contribution in [3.05, 3.63) is 82.4 Å². The van der Waals surface area contributed by atoms with Crippen molar-refractivity contribution in [1.29, 1.82) is 0 Å². The first-order chi connectivity index (χ1) is 13.7. The van der Waals surface area contributed by atoms with Crippen LogP contribution in [0.4, 0.5) is 0 Å². The average Bonchev–Trinajstić information content (AvgIpc) is 3.48. The molecular weight excluding hydrogens is 374 g/mol. The molecule has 0 radical (unpaired) electrons. The van der Waals surface area contributed by atoms with Gasteiger partial charge in [-0.3, -0.25) is 4.79 Å². The summed E-state index contributed by atoms with van der Waals surface area (Å²) in [7, 11) is 1.64. The van der Waals surface area contributed by atoms with E-state index < -0.39 is 0 Å². The minimum absolute atomic E-state index is 0.252. The lowest BCUT2D eigenvalue weighted by Gasteiger charge is -2.10. The molecule has 4 rings (SSSR count). The zero-order chi connectivity index (χ0) is 19.3. The quantitative estimate of drug-likeness (QED) is 0.524. The van der Waals surface area contributed by atoms with E-state index in [0.29, 0.717) is 24.6 Å². The zero-order valence-electron chi connectivity index (χ0n) is 15.3. The van der Waals surface area contributed by atoms with E-state index in [9.17, 15) is 4.79 Å². The van der Waals surface area contributed by atoms with Crippen LogP contribution in [0.25, 0.3) is 5.82 Å². The standard InChI is InChI=1S/C20H19N5O2S/c1-27-16-8-6-15(7-9-16)14-25-20(24-10-2-3-11-24)18(22-23-25)19(26)21-13-17-5-4-12-28-17/h2-12H,13-14H2,1H3,(H,21,26). The van der Waals surface area contributed by atoms with E-state index in [2.05, 4.69) is 15.6 Å². The van der Waals surface area contributed by atoms with Crippen LogP contribution in [0.15, 0.2) is 66.3 Å². The summed E-state index contributed by atoms with van der Waals surface area (Å²) in [5.74, 6) is 1.17. The van der Waals surface area contributed by atoms with Crippen LogP contribution in [0.1, 0.15) is 20.9 Å². The number of carbonyl (C=O) groups excluding carboxylic acids is 1. The Hall–Kier alpha value is -3.39. The number of amides is 1. The molecule has 0 bridgehead atoms. The van der Waals surface area contributed by atoms with E-state index in [1.165, 1.54) is 0 Å². The lowest BCUT2D eigenvalue weighted by Crippen LogP contribution is -2.24. The Kier molecular flexibility index (Phi) is 5.20. The molecule has 142 valence electrons. The van der Waals surface area contributed by atoms with Crippen LogP contribution in [0.2, 0.25) is 0 Å². The Morgan fingerprint density at radius 2 is 1.93 bits per heavy atom. The van der Waals surface area contributed by atoms with Crippen LogP contribution in [-0.2, 0) is 13.1 Å². The molecule has 0 aliphatic carbocycles. The number of carbonyl (C=O) groups is 1. The van der Waals surface area contributed by atoms with Gasteiger partial charge in [-0.1, -0.05) is 23.4 Å². The highest BCUT2D eigenvalue weighted by Gasteiger charge is 2.21. The summed E-state index contributed by atoms with van der Waals surface area (Å²) in [6, 6.07) is 15.5. The number of nitrogens with one attached hydrogen (secondary N) is 1. The third-order valence-corrected chi connectivity index (χ3v) is 5.14. The topological polar surface area (TPSA) is 74.0 Å². The maximum absolute atomic E-state index is 12.8. The molecule has 0 saturated carbocycles. The normalized spacial score (nSPS) is 10.8. The number of benzene rings is 1. The van der Waals surface area contributed by atoms with Crippen molar-refractivity contribution in [2.45, 2.75) is 13.1 Å². The van der Waals surface area contributed by atoms with Crippen molar-refractivity contribution in [2.24, 2.45) is 0 Å². The maximum atomic E-state index is 12.8. The van der Waals surface area contributed by atoms with Gasteiger partial charge in [-0.05, 0) is 41.3 Å². The Morgan fingerprint density at radius 1 is 1.14 bits per heavy atom. The molecule has 1 N–H and O–H groups in total. The fourth-order valence-corrected chi connectivity index (χ4v) is 3.51. The molecule has 4 aromatic rings. The van der Waals surface area contributed by atoms with Gasteiger partial charge in [0.05, 0.1) is 20.2 Å². The summed E-state index contributed by atoms with van der Waals surface area (Å²) in [5, 5.41) is 13.3. The monoisotopic (exact) mass is 393 g/mol. The highest BCUT2D eigenvalue weighted by Crippen LogP contribution is 2.17. The van der Waals surface area contributed by atoms with E-state index in [1.807, 2.05) is 70.9 Å². The van der Waals surface area contributed by atoms with Crippen LogP contribution in [-0.4, -0.2) is 32.6 Å². The van der Waals surface area contributed by atoms with Gasteiger partial charge < -0.3 is 14.6 Å². The van der Waals surface area contributed by atoms with Gasteiger partial charge >= 0.3 is 0 Å². The predicted molar refractivity (Wildman–Crippen MR) is 107 cm³/mol. The van der Waals surface area contributed by atoms with E-state index in [0.717, 1.165) is 16.2 Å². The maximum Gasteiger partial charge on any atom is 0.276 e. The second kappa shape index (κ2) is 8.10. The second-order valence-corrected chi connectivity index (χ2v) is 7.15. The van der Waals surface area contributed by atoms with E-state index in [1.54, 1.807) is 23.1 Å². The highest BCUT2D eigenvalue weighted by molar-refractivity contribution is 7.09. The molecule has 0 saturated heterocycles. The van der Waals surface area contributed by atoms with Crippen LogP contribution in [0, 0.1) is 0 Å². The largest absolute Gasteiger partial charge is 0.497 e. The summed E-state index contributed by atoms with van der Waals surface area (Å²) in [5.41, 5.74) is 1.32. The number of aromatic nitrogens is 4. The Morgan fingerprint density at radius 3 is 2.61 bits per heavy atom. The van der Waals surface area contributed by atoms with Crippen LogP contribution >= 0.6 is 11.3 Å². The molecule has 0 unspecified atom stereocenters. The SMILES string of the molecule is COc1ccc(Cn2nnc(C(=O)NCc3cccs3)c2-n2cccc2)cc1. The first kappa shape index (κ1) is 18.0. The van der Waals surface area contributed by atoms with Crippen molar-refractivity contribution in [3.63, 3.8) is 0 Å². The van der Waals surface area contributed by atoms with Crippen LogP contribution < -0.4 is 10.1 Å². The van der Waals surface area contributed by atoms with Crippen molar-refractivity contribution < 1.29 is 9.53 Å². The van der Waals surface area contributed by atoms with Gasteiger partial charge in [0, 0.05) is 17.3 Å². The summed E-state index contributed by atoms with van der Waals surface area (Å²) in [4.78, 5) is 13.8. The van der Waals surface area contributed by atoms with E-state index in [-0.39, 0.29) is 5.91 Å². The smallest absolute Gasteiger partial charge is 0.276 e. The number of hydrogen-bond acceptors (Lipinski definition) is 5. The van der Waals surface area contributed by atoms with Gasteiger partial charge in [-0.2, -0.15) is 0 Å². The second-order valence-electron chi connectivity index (χ2n) is 6.12. The first-order valence-electron chi connectivity index (χ1n) is 8.75. The van der Waals surface area contributed by atoms with Gasteiger partial charge in [0.15, 0.2) is 11.5 Å². The Bertz CT molecular complexity index is 1040. The fraction of sp³-hybridized carbons (Fsp3) is 0.150. The molecule has 28 heavy (non-hydrogen) atoms. The predicted octanol–water partition coefficient (Wildman–Crippen LogP) is 3.12.